The highest BCUT2D eigenvalue weighted by Crippen LogP contribution is 2.24. The van der Waals surface area contributed by atoms with E-state index in [1.165, 1.54) is 10.9 Å². The lowest BCUT2D eigenvalue weighted by Gasteiger charge is -2.13. The number of ether oxygens (including phenoxy) is 1. The zero-order valence-corrected chi connectivity index (χ0v) is 12.2. The summed E-state index contributed by atoms with van der Waals surface area (Å²) in [4.78, 5) is 4.42. The summed E-state index contributed by atoms with van der Waals surface area (Å²) in [6.07, 6.45) is 5.14. The molecular weight excluding hydrogens is 266 g/mol. The van der Waals surface area contributed by atoms with Gasteiger partial charge in [-0.2, -0.15) is 0 Å². The zero-order chi connectivity index (χ0) is 14.8. The molecule has 0 fully saturated rings. The number of aliphatic hydroxyl groups excluding tert-OH is 1. The maximum absolute atomic E-state index is 9.89. The SMILES string of the molecule is COCC(O)Cn1ccnc1-c1ccc2c(ccn2C)c1. The minimum Gasteiger partial charge on any atom is -0.389 e. The summed E-state index contributed by atoms with van der Waals surface area (Å²) in [5, 5.41) is 11.1. The van der Waals surface area contributed by atoms with Crippen molar-refractivity contribution in [1.29, 1.82) is 0 Å². The van der Waals surface area contributed by atoms with Crippen LogP contribution in [0.4, 0.5) is 0 Å². The molecule has 0 amide bonds. The van der Waals surface area contributed by atoms with Crippen LogP contribution < -0.4 is 0 Å². The van der Waals surface area contributed by atoms with Gasteiger partial charge in [-0.05, 0) is 24.3 Å². The van der Waals surface area contributed by atoms with Crippen LogP contribution in [0.15, 0.2) is 42.9 Å². The van der Waals surface area contributed by atoms with Gasteiger partial charge in [-0.3, -0.25) is 0 Å². The van der Waals surface area contributed by atoms with Gasteiger partial charge in [0, 0.05) is 49.2 Å². The van der Waals surface area contributed by atoms with Gasteiger partial charge in [-0.1, -0.05) is 0 Å². The van der Waals surface area contributed by atoms with Gasteiger partial charge in [-0.15, -0.1) is 0 Å². The zero-order valence-electron chi connectivity index (χ0n) is 12.2. The van der Waals surface area contributed by atoms with Crippen LogP contribution in [-0.2, 0) is 18.3 Å². The average Bonchev–Trinajstić information content (AvgIpc) is 3.06. The molecule has 5 nitrogen and oxygen atoms in total. The molecule has 0 saturated heterocycles. The topological polar surface area (TPSA) is 52.2 Å². The minimum absolute atomic E-state index is 0.315. The number of aliphatic hydroxyl groups is 1. The van der Waals surface area contributed by atoms with E-state index in [1.54, 1.807) is 13.3 Å². The third-order valence-electron chi connectivity index (χ3n) is 3.63. The first-order valence-electron chi connectivity index (χ1n) is 6.92. The van der Waals surface area contributed by atoms with Crippen molar-refractivity contribution in [1.82, 2.24) is 14.1 Å². The second-order valence-electron chi connectivity index (χ2n) is 5.21. The maximum atomic E-state index is 9.89. The van der Waals surface area contributed by atoms with Gasteiger partial charge < -0.3 is 19.0 Å². The number of aromatic nitrogens is 3. The molecule has 0 aliphatic heterocycles. The Morgan fingerprint density at radius 2 is 2.14 bits per heavy atom. The number of methoxy groups -OCH3 is 1. The van der Waals surface area contributed by atoms with Crippen LogP contribution in [0.2, 0.25) is 0 Å². The van der Waals surface area contributed by atoms with Crippen LogP contribution >= 0.6 is 0 Å². The lowest BCUT2D eigenvalue weighted by molar-refractivity contribution is 0.0539. The van der Waals surface area contributed by atoms with Crippen LogP contribution in [0, 0.1) is 0 Å². The van der Waals surface area contributed by atoms with Crippen LogP contribution in [0.1, 0.15) is 0 Å². The van der Waals surface area contributed by atoms with E-state index in [4.69, 9.17) is 4.74 Å². The quantitative estimate of drug-likeness (QED) is 0.780. The number of aryl methyl sites for hydroxylation is 1. The highest BCUT2D eigenvalue weighted by Gasteiger charge is 2.11. The largest absolute Gasteiger partial charge is 0.389 e. The van der Waals surface area contributed by atoms with E-state index in [1.807, 2.05) is 24.0 Å². The van der Waals surface area contributed by atoms with Gasteiger partial charge in [0.1, 0.15) is 5.82 Å². The number of rotatable bonds is 5. The van der Waals surface area contributed by atoms with Gasteiger partial charge >= 0.3 is 0 Å². The van der Waals surface area contributed by atoms with Crippen molar-refractivity contribution in [3.05, 3.63) is 42.9 Å². The van der Waals surface area contributed by atoms with Crippen molar-refractivity contribution >= 4 is 10.9 Å². The first-order chi connectivity index (χ1) is 10.2. The molecule has 1 N–H and O–H groups in total. The molecule has 1 atom stereocenters. The highest BCUT2D eigenvalue weighted by molar-refractivity contribution is 5.84. The molecule has 0 bridgehead atoms. The average molecular weight is 285 g/mol. The normalized spacial score (nSPS) is 12.9. The van der Waals surface area contributed by atoms with Crippen LogP contribution in [-0.4, -0.2) is 39.0 Å². The fraction of sp³-hybridized carbons (Fsp3) is 0.312. The standard InChI is InChI=1S/C16H19N3O2/c1-18-7-5-12-9-13(3-4-15(12)18)16-17-6-8-19(16)10-14(20)11-21-2/h3-9,14,20H,10-11H2,1-2H3. The van der Waals surface area contributed by atoms with E-state index in [0.717, 1.165) is 11.4 Å². The Morgan fingerprint density at radius 1 is 1.29 bits per heavy atom. The summed E-state index contributed by atoms with van der Waals surface area (Å²) in [7, 11) is 3.62. The molecule has 1 aromatic carbocycles. The predicted molar refractivity (Wildman–Crippen MR) is 82.0 cm³/mol. The van der Waals surface area contributed by atoms with E-state index in [2.05, 4.69) is 33.8 Å². The molecule has 3 aromatic rings. The Balaban J connectivity index is 1.93. The van der Waals surface area contributed by atoms with E-state index in [0.29, 0.717) is 13.2 Å². The Bertz CT molecular complexity index is 745. The molecule has 0 aliphatic rings. The molecule has 3 rings (SSSR count). The van der Waals surface area contributed by atoms with Gasteiger partial charge in [0.05, 0.1) is 19.3 Å². The number of nitrogens with zero attached hydrogens (tertiary/aromatic N) is 3. The van der Waals surface area contributed by atoms with Crippen molar-refractivity contribution < 1.29 is 9.84 Å². The Kier molecular flexibility index (Phi) is 3.77. The van der Waals surface area contributed by atoms with Gasteiger partial charge in [0.25, 0.3) is 0 Å². The van der Waals surface area contributed by atoms with E-state index in [-0.39, 0.29) is 0 Å². The minimum atomic E-state index is -0.539. The first kappa shape index (κ1) is 13.9. The number of imidazole rings is 1. The maximum Gasteiger partial charge on any atom is 0.139 e. The Morgan fingerprint density at radius 3 is 2.95 bits per heavy atom. The molecule has 21 heavy (non-hydrogen) atoms. The summed E-state index contributed by atoms with van der Waals surface area (Å²) >= 11 is 0. The van der Waals surface area contributed by atoms with Crippen molar-refractivity contribution in [2.75, 3.05) is 13.7 Å². The summed E-state index contributed by atoms with van der Waals surface area (Å²) in [5.41, 5.74) is 2.24. The molecule has 0 aliphatic carbocycles. The summed E-state index contributed by atoms with van der Waals surface area (Å²) in [6.45, 7) is 0.783. The second-order valence-corrected chi connectivity index (χ2v) is 5.21. The van der Waals surface area contributed by atoms with E-state index in [9.17, 15) is 5.11 Å². The third kappa shape index (κ3) is 2.70. The van der Waals surface area contributed by atoms with Crippen molar-refractivity contribution in [3.63, 3.8) is 0 Å². The first-order valence-corrected chi connectivity index (χ1v) is 6.92. The number of hydrogen-bond donors (Lipinski definition) is 1. The molecule has 2 heterocycles. The molecule has 0 radical (unpaired) electrons. The van der Waals surface area contributed by atoms with Crippen molar-refractivity contribution in [2.45, 2.75) is 12.6 Å². The van der Waals surface area contributed by atoms with Crippen LogP contribution in [0.25, 0.3) is 22.3 Å². The summed E-state index contributed by atoms with van der Waals surface area (Å²) in [6, 6.07) is 8.36. The lowest BCUT2D eigenvalue weighted by atomic mass is 10.1. The molecular formula is C16H19N3O2. The predicted octanol–water partition coefficient (Wildman–Crippen LogP) is 2.05. The summed E-state index contributed by atoms with van der Waals surface area (Å²) < 4.78 is 9.02. The Hall–Kier alpha value is -2.11. The van der Waals surface area contributed by atoms with Gasteiger partial charge in [-0.25, -0.2) is 4.98 Å². The summed E-state index contributed by atoms with van der Waals surface area (Å²) in [5.74, 6) is 0.857. The Labute approximate surface area is 123 Å². The van der Waals surface area contributed by atoms with E-state index < -0.39 is 6.10 Å². The molecule has 2 aromatic heterocycles. The molecule has 0 spiro atoms. The highest BCUT2D eigenvalue weighted by atomic mass is 16.5. The molecule has 110 valence electrons. The van der Waals surface area contributed by atoms with Gasteiger partial charge in [0.15, 0.2) is 0 Å². The number of hydrogen-bond acceptors (Lipinski definition) is 3. The molecule has 1 unspecified atom stereocenters. The lowest BCUT2D eigenvalue weighted by Crippen LogP contribution is -2.21. The third-order valence-corrected chi connectivity index (χ3v) is 3.63. The number of fused-ring (bicyclic) bond motifs is 1. The molecule has 5 heteroatoms. The van der Waals surface area contributed by atoms with Crippen LogP contribution in [0.5, 0.6) is 0 Å². The fourth-order valence-corrected chi connectivity index (χ4v) is 2.61. The van der Waals surface area contributed by atoms with E-state index >= 15 is 0 Å². The van der Waals surface area contributed by atoms with Crippen LogP contribution in [0.3, 0.4) is 0 Å². The fourth-order valence-electron chi connectivity index (χ4n) is 2.61. The molecule has 0 saturated carbocycles. The smallest absolute Gasteiger partial charge is 0.139 e. The monoisotopic (exact) mass is 285 g/mol. The second kappa shape index (κ2) is 5.71. The number of benzene rings is 1. The van der Waals surface area contributed by atoms with Gasteiger partial charge in [0.2, 0.25) is 0 Å². The van der Waals surface area contributed by atoms with Crippen molar-refractivity contribution in [3.8, 4) is 11.4 Å². The van der Waals surface area contributed by atoms with Crippen molar-refractivity contribution in [2.24, 2.45) is 7.05 Å².